The van der Waals surface area contributed by atoms with Crippen molar-refractivity contribution >= 4 is 28.0 Å². The van der Waals surface area contributed by atoms with Crippen LogP contribution < -0.4 is 0 Å². The molecule has 2 saturated carbocycles. The molecule has 0 spiro atoms. The Morgan fingerprint density at radius 2 is 1.15 bits per heavy atom. The van der Waals surface area contributed by atoms with Crippen molar-refractivity contribution < 1.29 is 24.2 Å². The number of hydrogen-bond donors (Lipinski definition) is 0. The van der Waals surface area contributed by atoms with Crippen LogP contribution in [0.25, 0.3) is 0 Å². The van der Waals surface area contributed by atoms with Gasteiger partial charge in [0.1, 0.15) is 0 Å². The summed E-state index contributed by atoms with van der Waals surface area (Å²) in [6.45, 7) is 20.3. The summed E-state index contributed by atoms with van der Waals surface area (Å²) in [5.74, 6) is 0.460. The Hall–Kier alpha value is -2.31. The van der Waals surface area contributed by atoms with E-state index < -0.39 is 0 Å². The van der Waals surface area contributed by atoms with Gasteiger partial charge in [-0.25, -0.2) is 12.2 Å². The zero-order chi connectivity index (χ0) is 37.3. The molecule has 3 heteroatoms. The normalized spacial score (nSPS) is 36.8. The molecule has 8 rings (SSSR count). The molecule has 6 aliphatic rings. The third-order valence-corrected chi connectivity index (χ3v) is 17.0. The fourth-order valence-corrected chi connectivity index (χ4v) is 12.2. The number of halogens is 2. The molecule has 0 N–H and O–H groups in total. The maximum atomic E-state index is 2.99. The van der Waals surface area contributed by atoms with E-state index in [9.17, 15) is 0 Å². The second-order valence-corrected chi connectivity index (χ2v) is 19.0. The molecule has 6 aliphatic carbocycles. The van der Waals surface area contributed by atoms with Crippen molar-refractivity contribution in [1.29, 1.82) is 0 Å². The average molecular weight is 837 g/mol. The molecule has 8 atom stereocenters. The SMILES string of the molecule is CC1=CC=CC2[CH-]C3(C)C4(C)C=CC=CC4(C)C4(C)C=CC=CC4(C)C3(C)C12C.Cl.Cl.[C-]1=CC=CC1.[Zr+2]=[C](CCc1ccccc1)CCc1ccccc1. The topological polar surface area (TPSA) is 0 Å². The monoisotopic (exact) mass is 834 g/mol. The first-order valence-corrected chi connectivity index (χ1v) is 20.8. The van der Waals surface area contributed by atoms with Crippen LogP contribution in [-0.4, -0.2) is 3.21 Å². The molecule has 284 valence electrons. The Bertz CT molecular complexity index is 1820. The predicted molar refractivity (Wildman–Crippen MR) is 235 cm³/mol. The summed E-state index contributed by atoms with van der Waals surface area (Å²) in [6.07, 6.45) is 44.1. The van der Waals surface area contributed by atoms with E-state index in [1.165, 1.54) is 42.4 Å². The van der Waals surface area contributed by atoms with Gasteiger partial charge in [-0.2, -0.15) is 6.08 Å². The molecule has 0 aromatic heterocycles. The number of aryl methyl sites for hydroxylation is 2. The van der Waals surface area contributed by atoms with Gasteiger partial charge >= 0.3 is 125 Å². The van der Waals surface area contributed by atoms with Gasteiger partial charge in [-0.3, -0.25) is 6.08 Å². The van der Waals surface area contributed by atoms with E-state index in [-0.39, 0.29) is 62.7 Å². The third kappa shape index (κ3) is 6.69. The molecule has 0 heterocycles. The van der Waals surface area contributed by atoms with Crippen LogP contribution in [0.2, 0.25) is 0 Å². The standard InChI is InChI=1S/C29H37.C17H18.C5H5.2ClH.Zr/c1-21-14-13-15-22-20-27(6)25(4)18-10-9-16-23(25,2)24(3)17-11-12-19-26(24,5)29(27,8)28(21,22)7;1-4-10-16(11-5-1)14-8-3-9-15-17-12-6-2-7-13-17;1-2-4-5-3-1;;;/h9-20,22H,1-8H3;1-2,4-7,10-13H,8-9,14-15H2;1-3H,4H2;2*1H;/q-1;;-1;;;+2. The second-order valence-electron chi connectivity index (χ2n) is 17.3. The Balaban J connectivity index is 0.000000222. The summed E-state index contributed by atoms with van der Waals surface area (Å²) >= 11 is 1.60. The van der Waals surface area contributed by atoms with Crippen molar-refractivity contribution in [2.75, 3.05) is 0 Å². The fourth-order valence-electron chi connectivity index (χ4n) is 11.6. The Kier molecular flexibility index (Phi) is 14.0. The minimum absolute atomic E-state index is 0. The molecule has 2 aromatic carbocycles. The van der Waals surface area contributed by atoms with Crippen LogP contribution >= 0.6 is 24.8 Å². The Morgan fingerprint density at radius 1 is 0.667 bits per heavy atom. The van der Waals surface area contributed by atoms with Gasteiger partial charge < -0.3 is 6.42 Å². The van der Waals surface area contributed by atoms with Crippen molar-refractivity contribution in [1.82, 2.24) is 0 Å². The Labute approximate surface area is 356 Å². The summed E-state index contributed by atoms with van der Waals surface area (Å²) in [6, 6.07) is 21.6. The molecular weight excluding hydrogens is 775 g/mol. The van der Waals surface area contributed by atoms with Crippen molar-refractivity contribution in [3.05, 3.63) is 175 Å². The van der Waals surface area contributed by atoms with E-state index in [0.29, 0.717) is 5.92 Å². The number of benzene rings is 2. The van der Waals surface area contributed by atoms with Gasteiger partial charge in [0.2, 0.25) is 0 Å². The van der Waals surface area contributed by atoms with Crippen LogP contribution in [0, 0.1) is 56.3 Å². The summed E-state index contributed by atoms with van der Waals surface area (Å²) in [5, 5.41) is 0. The maximum absolute atomic E-state index is 2.99. The number of rotatable bonds is 6. The Morgan fingerprint density at radius 3 is 1.61 bits per heavy atom. The van der Waals surface area contributed by atoms with E-state index in [2.05, 4.69) is 201 Å². The van der Waals surface area contributed by atoms with Gasteiger partial charge in [-0.05, 0) is 28.6 Å². The minimum atomic E-state index is 0. The first kappa shape index (κ1) is 44.4. The molecule has 0 nitrogen and oxygen atoms in total. The van der Waals surface area contributed by atoms with Crippen molar-refractivity contribution in [3.8, 4) is 0 Å². The average Bonchev–Trinajstić information content (AvgIpc) is 3.80. The molecule has 0 saturated heterocycles. The molecule has 0 aliphatic heterocycles. The quantitative estimate of drug-likeness (QED) is 0.254. The van der Waals surface area contributed by atoms with Gasteiger partial charge in [0, 0.05) is 10.8 Å². The van der Waals surface area contributed by atoms with E-state index in [4.69, 9.17) is 0 Å². The molecule has 2 aromatic rings. The van der Waals surface area contributed by atoms with Crippen LogP contribution in [0.1, 0.15) is 85.8 Å². The van der Waals surface area contributed by atoms with Crippen LogP contribution in [0.5, 0.6) is 0 Å². The summed E-state index contributed by atoms with van der Waals surface area (Å²) in [7, 11) is 0. The molecule has 8 unspecified atom stereocenters. The molecule has 0 amide bonds. The summed E-state index contributed by atoms with van der Waals surface area (Å²) in [4.78, 5) is 0. The zero-order valence-electron chi connectivity index (χ0n) is 33.9. The van der Waals surface area contributed by atoms with Gasteiger partial charge in [-0.15, -0.1) is 48.6 Å². The first-order valence-electron chi connectivity index (χ1n) is 19.6. The summed E-state index contributed by atoms with van der Waals surface area (Å²) in [5.41, 5.74) is 4.64. The van der Waals surface area contributed by atoms with E-state index in [1.54, 1.807) is 27.4 Å². The molecular formula is C51H62Cl2Zr. The van der Waals surface area contributed by atoms with E-state index in [0.717, 1.165) is 6.42 Å². The van der Waals surface area contributed by atoms with Crippen LogP contribution in [0.15, 0.2) is 151 Å². The van der Waals surface area contributed by atoms with Crippen molar-refractivity contribution in [3.63, 3.8) is 0 Å². The number of hydrogen-bond acceptors (Lipinski definition) is 0. The van der Waals surface area contributed by atoms with Crippen molar-refractivity contribution in [2.45, 2.75) is 87.5 Å². The van der Waals surface area contributed by atoms with Gasteiger partial charge in [0.25, 0.3) is 0 Å². The second kappa shape index (κ2) is 17.0. The third-order valence-electron chi connectivity index (χ3n) is 15.7. The van der Waals surface area contributed by atoms with Gasteiger partial charge in [0.05, 0.1) is 0 Å². The number of allylic oxidation sites excluding steroid dienone is 16. The van der Waals surface area contributed by atoms with Gasteiger partial charge in [0.15, 0.2) is 0 Å². The molecule has 0 bridgehead atoms. The van der Waals surface area contributed by atoms with Gasteiger partial charge in [-0.1, -0.05) is 115 Å². The zero-order valence-corrected chi connectivity index (χ0v) is 38.0. The predicted octanol–water partition coefficient (Wildman–Crippen LogP) is 13.8. The first-order chi connectivity index (χ1) is 24.7. The van der Waals surface area contributed by atoms with Crippen LogP contribution in [0.4, 0.5) is 0 Å². The van der Waals surface area contributed by atoms with Crippen LogP contribution in [-0.2, 0) is 37.1 Å². The molecule has 2 fully saturated rings. The van der Waals surface area contributed by atoms with Crippen LogP contribution in [0.3, 0.4) is 0 Å². The van der Waals surface area contributed by atoms with E-state index in [1.807, 2.05) is 12.2 Å². The van der Waals surface area contributed by atoms with Crippen molar-refractivity contribution in [2.24, 2.45) is 43.8 Å². The molecule has 0 radical (unpaired) electrons. The molecule has 54 heavy (non-hydrogen) atoms. The fraction of sp³-hybridized carbons (Fsp3) is 0.412. The van der Waals surface area contributed by atoms with E-state index >= 15 is 0 Å². The number of fused-ring (bicyclic) bond motifs is 8. The summed E-state index contributed by atoms with van der Waals surface area (Å²) < 4.78 is 1.69.